The first kappa shape index (κ1) is 22.9. The molecule has 166 valence electrons. The van der Waals surface area contributed by atoms with Crippen LogP contribution in [0.4, 0.5) is 5.69 Å². The predicted octanol–water partition coefficient (Wildman–Crippen LogP) is 3.14. The first-order valence-corrected chi connectivity index (χ1v) is 10.3. The lowest BCUT2D eigenvalue weighted by Crippen LogP contribution is -2.32. The summed E-state index contributed by atoms with van der Waals surface area (Å²) in [6, 6.07) is 11.6. The molecule has 8 nitrogen and oxygen atoms in total. The van der Waals surface area contributed by atoms with Gasteiger partial charge in [0, 0.05) is 18.5 Å². The van der Waals surface area contributed by atoms with Crippen LogP contribution in [0, 0.1) is 6.92 Å². The Morgan fingerprint density at radius 1 is 1.03 bits per heavy atom. The smallest absolute Gasteiger partial charge is 0.306 e. The molecule has 3 amide bonds. The van der Waals surface area contributed by atoms with E-state index in [1.807, 2.05) is 6.92 Å². The highest BCUT2D eigenvalue weighted by molar-refractivity contribution is 6.21. The molecule has 0 aliphatic carbocycles. The number of ketones is 1. The van der Waals surface area contributed by atoms with E-state index in [0.717, 1.165) is 10.5 Å². The summed E-state index contributed by atoms with van der Waals surface area (Å²) in [4.78, 5) is 62.2. The zero-order valence-corrected chi connectivity index (χ0v) is 18.1. The molecule has 0 fully saturated rings. The summed E-state index contributed by atoms with van der Waals surface area (Å²) in [5.74, 6) is -2.15. The number of hydrogen-bond donors (Lipinski definition) is 1. The minimum absolute atomic E-state index is 0.0614. The number of para-hydroxylation sites is 1. The minimum atomic E-state index is -1.08. The molecule has 2 aromatic rings. The summed E-state index contributed by atoms with van der Waals surface area (Å²) in [5.41, 5.74) is 2.31. The number of aryl methyl sites for hydroxylation is 1. The Bertz CT molecular complexity index is 1110. The van der Waals surface area contributed by atoms with Crippen LogP contribution in [0.3, 0.4) is 0 Å². The zero-order chi connectivity index (χ0) is 23.4. The maximum absolute atomic E-state index is 12.5. The molecule has 1 N–H and O–H groups in total. The van der Waals surface area contributed by atoms with Crippen molar-refractivity contribution in [3.05, 3.63) is 64.7 Å². The Morgan fingerprint density at radius 2 is 1.72 bits per heavy atom. The fourth-order valence-electron chi connectivity index (χ4n) is 3.43. The number of anilines is 1. The highest BCUT2D eigenvalue weighted by Crippen LogP contribution is 2.24. The van der Waals surface area contributed by atoms with Gasteiger partial charge in [-0.05, 0) is 51.5 Å². The number of carbonyl (C=O) groups excluding carboxylic acids is 5. The Kier molecular flexibility index (Phi) is 6.82. The zero-order valence-electron chi connectivity index (χ0n) is 18.1. The van der Waals surface area contributed by atoms with Gasteiger partial charge in [0.1, 0.15) is 0 Å². The average molecular weight is 436 g/mol. The van der Waals surface area contributed by atoms with Crippen LogP contribution in [-0.2, 0) is 14.3 Å². The second kappa shape index (κ2) is 9.55. The van der Waals surface area contributed by atoms with E-state index >= 15 is 0 Å². The largest absolute Gasteiger partial charge is 0.453 e. The van der Waals surface area contributed by atoms with E-state index < -0.39 is 18.0 Å². The Morgan fingerprint density at radius 3 is 2.44 bits per heavy atom. The molecular formula is C24H24N2O6. The monoisotopic (exact) mass is 436 g/mol. The maximum atomic E-state index is 12.5. The molecule has 0 radical (unpaired) electrons. The maximum Gasteiger partial charge on any atom is 0.306 e. The number of nitrogens with one attached hydrogen (secondary N) is 1. The quantitative estimate of drug-likeness (QED) is 0.387. The summed E-state index contributed by atoms with van der Waals surface area (Å²) >= 11 is 0. The molecule has 32 heavy (non-hydrogen) atoms. The van der Waals surface area contributed by atoms with Crippen molar-refractivity contribution in [3.8, 4) is 0 Å². The van der Waals surface area contributed by atoms with E-state index in [-0.39, 0.29) is 37.0 Å². The summed E-state index contributed by atoms with van der Waals surface area (Å²) in [6.45, 7) is 4.74. The molecule has 1 heterocycles. The van der Waals surface area contributed by atoms with Crippen LogP contribution in [-0.4, -0.2) is 47.0 Å². The number of esters is 1. The Balaban J connectivity index is 1.49. The average Bonchev–Trinajstić information content (AvgIpc) is 2.98. The van der Waals surface area contributed by atoms with Crippen LogP contribution in [0.15, 0.2) is 42.5 Å². The van der Waals surface area contributed by atoms with E-state index in [2.05, 4.69) is 5.32 Å². The number of rotatable bonds is 8. The van der Waals surface area contributed by atoms with Crippen molar-refractivity contribution in [1.82, 2.24) is 4.90 Å². The van der Waals surface area contributed by atoms with E-state index in [4.69, 9.17) is 4.74 Å². The molecule has 3 rings (SSSR count). The van der Waals surface area contributed by atoms with Gasteiger partial charge < -0.3 is 10.1 Å². The number of amides is 3. The number of benzene rings is 2. The molecule has 0 aromatic heterocycles. The molecule has 1 aliphatic heterocycles. The van der Waals surface area contributed by atoms with Crippen molar-refractivity contribution in [2.45, 2.75) is 39.7 Å². The second-order valence-corrected chi connectivity index (χ2v) is 7.64. The Hall–Kier alpha value is -3.81. The number of imide groups is 1. The lowest BCUT2D eigenvalue weighted by Gasteiger charge is -2.16. The standard InChI is InChI=1S/C24H24N2O6/c1-14-10-11-18-19(13-14)24(31)26(23(18)30)12-6-9-21(28)32-16(3)22(29)25-20-8-5-4-7-17(20)15(2)27/h4-5,7-8,10-11,13,16H,6,9,12H2,1-3H3,(H,25,29). The molecule has 0 bridgehead atoms. The molecule has 0 spiro atoms. The molecule has 2 aromatic carbocycles. The molecular weight excluding hydrogens is 412 g/mol. The normalized spacial score (nSPS) is 13.5. The molecule has 0 saturated heterocycles. The first-order chi connectivity index (χ1) is 15.2. The molecule has 0 saturated carbocycles. The van der Waals surface area contributed by atoms with Crippen molar-refractivity contribution in [3.63, 3.8) is 0 Å². The number of ether oxygens (including phenoxy) is 1. The fraction of sp³-hybridized carbons (Fsp3) is 0.292. The Labute approximate surface area is 185 Å². The summed E-state index contributed by atoms with van der Waals surface area (Å²) < 4.78 is 5.16. The molecule has 1 atom stereocenters. The van der Waals surface area contributed by atoms with Crippen LogP contribution in [0.2, 0.25) is 0 Å². The minimum Gasteiger partial charge on any atom is -0.453 e. The fourth-order valence-corrected chi connectivity index (χ4v) is 3.43. The van der Waals surface area contributed by atoms with Crippen molar-refractivity contribution in [1.29, 1.82) is 0 Å². The third-order valence-electron chi connectivity index (χ3n) is 5.13. The van der Waals surface area contributed by atoms with Crippen LogP contribution in [0.25, 0.3) is 0 Å². The van der Waals surface area contributed by atoms with E-state index in [0.29, 0.717) is 22.4 Å². The first-order valence-electron chi connectivity index (χ1n) is 10.3. The van der Waals surface area contributed by atoms with Crippen molar-refractivity contribution in [2.75, 3.05) is 11.9 Å². The SMILES string of the molecule is CC(=O)c1ccccc1NC(=O)C(C)OC(=O)CCCN1C(=O)c2ccc(C)cc2C1=O. The number of nitrogens with zero attached hydrogens (tertiary/aromatic N) is 1. The van der Waals surface area contributed by atoms with E-state index in [9.17, 15) is 24.0 Å². The number of hydrogen-bond acceptors (Lipinski definition) is 6. The third-order valence-corrected chi connectivity index (χ3v) is 5.13. The summed E-state index contributed by atoms with van der Waals surface area (Å²) in [6.07, 6.45) is -0.927. The van der Waals surface area contributed by atoms with E-state index in [1.54, 1.807) is 42.5 Å². The van der Waals surface area contributed by atoms with Gasteiger partial charge in [-0.2, -0.15) is 0 Å². The summed E-state index contributed by atoms with van der Waals surface area (Å²) in [7, 11) is 0. The molecule has 1 aliphatic rings. The summed E-state index contributed by atoms with van der Waals surface area (Å²) in [5, 5.41) is 2.59. The van der Waals surface area contributed by atoms with Gasteiger partial charge in [0.25, 0.3) is 17.7 Å². The van der Waals surface area contributed by atoms with Crippen LogP contribution in [0.1, 0.15) is 63.3 Å². The predicted molar refractivity (Wildman–Crippen MR) is 116 cm³/mol. The van der Waals surface area contributed by atoms with Gasteiger partial charge in [-0.3, -0.25) is 28.9 Å². The van der Waals surface area contributed by atoms with Crippen molar-refractivity contribution < 1.29 is 28.7 Å². The topological polar surface area (TPSA) is 110 Å². The van der Waals surface area contributed by atoms with Gasteiger partial charge in [0.15, 0.2) is 11.9 Å². The van der Waals surface area contributed by atoms with Crippen LogP contribution >= 0.6 is 0 Å². The van der Waals surface area contributed by atoms with E-state index in [1.165, 1.54) is 13.8 Å². The van der Waals surface area contributed by atoms with Gasteiger partial charge >= 0.3 is 5.97 Å². The molecule has 1 unspecified atom stereocenters. The highest BCUT2D eigenvalue weighted by atomic mass is 16.5. The van der Waals surface area contributed by atoms with Gasteiger partial charge in [0.2, 0.25) is 0 Å². The van der Waals surface area contributed by atoms with Gasteiger partial charge in [-0.1, -0.05) is 23.8 Å². The van der Waals surface area contributed by atoms with Crippen molar-refractivity contribution in [2.24, 2.45) is 0 Å². The molecule has 8 heteroatoms. The highest BCUT2D eigenvalue weighted by Gasteiger charge is 2.35. The third kappa shape index (κ3) is 4.91. The number of fused-ring (bicyclic) bond motifs is 1. The lowest BCUT2D eigenvalue weighted by atomic mass is 10.1. The van der Waals surface area contributed by atoms with Crippen molar-refractivity contribution >= 4 is 35.2 Å². The van der Waals surface area contributed by atoms with Crippen LogP contribution < -0.4 is 5.32 Å². The lowest BCUT2D eigenvalue weighted by molar-refractivity contribution is -0.153. The van der Waals surface area contributed by atoms with Crippen LogP contribution in [0.5, 0.6) is 0 Å². The number of carbonyl (C=O) groups is 5. The van der Waals surface area contributed by atoms with Gasteiger partial charge in [-0.25, -0.2) is 0 Å². The van der Waals surface area contributed by atoms with Gasteiger partial charge in [-0.15, -0.1) is 0 Å². The second-order valence-electron chi connectivity index (χ2n) is 7.64. The number of Topliss-reactive ketones (excluding diaryl/α,β-unsaturated/α-hetero) is 1. The van der Waals surface area contributed by atoms with Gasteiger partial charge in [0.05, 0.1) is 16.8 Å².